The van der Waals surface area contributed by atoms with Crippen LogP contribution in [0.5, 0.6) is 0 Å². The standard InChI is InChI=1S/C27H26ClN3O4S/c1-2-17-5-3-7-22-18(15-30(25(17)22)16-24(32)29-14-21-6-4-12-35-21)13-23-26(33)31(27(34)36-23)20-10-8-19(28)9-11-20/h3,5,7-11,13,15,21H,2,4,6,12,14,16H2,1H3,(H,29,32)/b23-13-/t21-/m0/s1. The summed E-state index contributed by atoms with van der Waals surface area (Å²) in [5, 5.41) is 4.08. The minimum Gasteiger partial charge on any atom is -0.376 e. The highest BCUT2D eigenvalue weighted by molar-refractivity contribution is 8.19. The summed E-state index contributed by atoms with van der Waals surface area (Å²) in [7, 11) is 0. The summed E-state index contributed by atoms with van der Waals surface area (Å²) >= 11 is 6.86. The molecule has 36 heavy (non-hydrogen) atoms. The number of imide groups is 1. The first-order chi connectivity index (χ1) is 17.4. The van der Waals surface area contributed by atoms with E-state index in [0.717, 1.165) is 64.6 Å². The number of hydrogen-bond donors (Lipinski definition) is 1. The van der Waals surface area contributed by atoms with Crippen LogP contribution in [0, 0.1) is 0 Å². The monoisotopic (exact) mass is 523 g/mol. The summed E-state index contributed by atoms with van der Waals surface area (Å²) in [4.78, 5) is 40.1. The van der Waals surface area contributed by atoms with Crippen molar-refractivity contribution < 1.29 is 19.1 Å². The Balaban J connectivity index is 1.44. The third-order valence-corrected chi connectivity index (χ3v) is 7.55. The number of ether oxygens (including phenoxy) is 1. The number of nitrogens with one attached hydrogen (secondary N) is 1. The molecule has 186 valence electrons. The first-order valence-electron chi connectivity index (χ1n) is 12.0. The van der Waals surface area contributed by atoms with Gasteiger partial charge in [-0.25, -0.2) is 4.90 Å². The zero-order valence-electron chi connectivity index (χ0n) is 19.8. The van der Waals surface area contributed by atoms with Gasteiger partial charge in [0.25, 0.3) is 11.1 Å². The molecule has 2 aromatic carbocycles. The normalized spacial score (nSPS) is 19.1. The lowest BCUT2D eigenvalue weighted by atomic mass is 10.1. The summed E-state index contributed by atoms with van der Waals surface area (Å²) < 4.78 is 7.53. The fraction of sp³-hybridized carbons (Fsp3) is 0.296. The van der Waals surface area contributed by atoms with E-state index in [2.05, 4.69) is 12.2 Å². The predicted molar refractivity (Wildman–Crippen MR) is 143 cm³/mol. The van der Waals surface area contributed by atoms with Crippen LogP contribution in [0.25, 0.3) is 17.0 Å². The summed E-state index contributed by atoms with van der Waals surface area (Å²) in [6.07, 6.45) is 6.48. The van der Waals surface area contributed by atoms with Gasteiger partial charge in [0.2, 0.25) is 5.91 Å². The molecule has 3 heterocycles. The van der Waals surface area contributed by atoms with Crippen LogP contribution in [0.15, 0.2) is 53.6 Å². The van der Waals surface area contributed by atoms with Gasteiger partial charge in [-0.1, -0.05) is 36.7 Å². The number of rotatable bonds is 7. The fourth-order valence-electron chi connectivity index (χ4n) is 4.66. The van der Waals surface area contributed by atoms with Gasteiger partial charge in [-0.3, -0.25) is 14.4 Å². The number of aromatic nitrogens is 1. The second kappa shape index (κ2) is 10.5. The highest BCUT2D eigenvalue weighted by Crippen LogP contribution is 2.37. The van der Waals surface area contributed by atoms with Gasteiger partial charge in [-0.2, -0.15) is 0 Å². The van der Waals surface area contributed by atoms with Gasteiger partial charge < -0.3 is 14.6 Å². The third kappa shape index (κ3) is 4.93. The Labute approximate surface area is 218 Å². The Kier molecular flexibility index (Phi) is 7.18. The Morgan fingerprint density at radius 1 is 1.22 bits per heavy atom. The summed E-state index contributed by atoms with van der Waals surface area (Å²) in [6, 6.07) is 12.6. The van der Waals surface area contributed by atoms with E-state index in [0.29, 0.717) is 22.2 Å². The lowest BCUT2D eigenvalue weighted by molar-refractivity contribution is -0.122. The lowest BCUT2D eigenvalue weighted by Gasteiger charge is -2.12. The lowest BCUT2D eigenvalue weighted by Crippen LogP contribution is -2.34. The highest BCUT2D eigenvalue weighted by Gasteiger charge is 2.36. The van der Waals surface area contributed by atoms with Gasteiger partial charge >= 0.3 is 0 Å². The second-order valence-corrected chi connectivity index (χ2v) is 10.2. The van der Waals surface area contributed by atoms with E-state index in [-0.39, 0.29) is 29.7 Å². The molecule has 1 aromatic heterocycles. The number of aryl methyl sites for hydroxylation is 1. The van der Waals surface area contributed by atoms with Crippen molar-refractivity contribution in [2.75, 3.05) is 18.1 Å². The predicted octanol–water partition coefficient (Wildman–Crippen LogP) is 5.39. The molecule has 0 saturated carbocycles. The Hall–Kier alpha value is -3.07. The number of anilines is 1. The van der Waals surface area contributed by atoms with Gasteiger partial charge in [0.1, 0.15) is 6.54 Å². The topological polar surface area (TPSA) is 80.6 Å². The molecule has 5 rings (SSSR count). The zero-order chi connectivity index (χ0) is 25.2. The van der Waals surface area contributed by atoms with Crippen LogP contribution < -0.4 is 10.2 Å². The zero-order valence-corrected chi connectivity index (χ0v) is 21.4. The molecule has 1 atom stereocenters. The molecule has 1 N–H and O–H groups in total. The number of carbonyl (C=O) groups is 3. The van der Waals surface area contributed by atoms with Crippen LogP contribution in [0.4, 0.5) is 10.5 Å². The molecule has 3 amide bonds. The number of nitrogens with zero attached hydrogens (tertiary/aromatic N) is 2. The number of para-hydroxylation sites is 1. The van der Waals surface area contributed by atoms with Crippen molar-refractivity contribution in [3.8, 4) is 0 Å². The van der Waals surface area contributed by atoms with Gasteiger partial charge in [0, 0.05) is 35.3 Å². The molecule has 0 unspecified atom stereocenters. The summed E-state index contributed by atoms with van der Waals surface area (Å²) in [6.45, 7) is 3.47. The van der Waals surface area contributed by atoms with Gasteiger partial charge in [-0.05, 0) is 66.9 Å². The van der Waals surface area contributed by atoms with E-state index in [1.807, 2.05) is 29.0 Å². The van der Waals surface area contributed by atoms with Crippen LogP contribution in [0.1, 0.15) is 30.9 Å². The average molecular weight is 524 g/mol. The molecule has 0 spiro atoms. The van der Waals surface area contributed by atoms with E-state index in [4.69, 9.17) is 16.3 Å². The molecule has 9 heteroatoms. The molecule has 2 aliphatic heterocycles. The maximum Gasteiger partial charge on any atom is 0.298 e. The van der Waals surface area contributed by atoms with Crippen LogP contribution in [-0.2, 0) is 27.3 Å². The Morgan fingerprint density at radius 3 is 2.75 bits per heavy atom. The number of benzene rings is 2. The van der Waals surface area contributed by atoms with Crippen molar-refractivity contribution in [1.82, 2.24) is 9.88 Å². The first kappa shape index (κ1) is 24.6. The molecule has 2 aliphatic rings. The minimum absolute atomic E-state index is 0.0772. The van der Waals surface area contributed by atoms with Crippen molar-refractivity contribution in [3.63, 3.8) is 0 Å². The molecule has 2 saturated heterocycles. The molecule has 3 aromatic rings. The van der Waals surface area contributed by atoms with Crippen molar-refractivity contribution in [2.45, 2.75) is 38.8 Å². The number of thioether (sulfide) groups is 1. The molecule has 0 aliphatic carbocycles. The number of carbonyl (C=O) groups excluding carboxylic acids is 3. The number of amides is 3. The smallest absolute Gasteiger partial charge is 0.298 e. The van der Waals surface area contributed by atoms with Crippen LogP contribution in [0.2, 0.25) is 5.02 Å². The quantitative estimate of drug-likeness (QED) is 0.420. The van der Waals surface area contributed by atoms with Crippen LogP contribution >= 0.6 is 23.4 Å². The number of hydrogen-bond acceptors (Lipinski definition) is 5. The van der Waals surface area contributed by atoms with Gasteiger partial charge in [0.05, 0.1) is 22.2 Å². The molecular weight excluding hydrogens is 498 g/mol. The average Bonchev–Trinajstić information content (AvgIpc) is 3.58. The van der Waals surface area contributed by atoms with Crippen molar-refractivity contribution in [3.05, 3.63) is 69.7 Å². The maximum atomic E-state index is 13.2. The molecule has 0 radical (unpaired) electrons. The molecule has 7 nitrogen and oxygen atoms in total. The van der Waals surface area contributed by atoms with Crippen LogP contribution in [-0.4, -0.2) is 40.9 Å². The first-order valence-corrected chi connectivity index (χ1v) is 13.2. The van der Waals surface area contributed by atoms with E-state index < -0.39 is 0 Å². The summed E-state index contributed by atoms with van der Waals surface area (Å²) in [5.74, 6) is -0.475. The molecule has 0 bridgehead atoms. The van der Waals surface area contributed by atoms with Gasteiger partial charge in [0.15, 0.2) is 0 Å². The van der Waals surface area contributed by atoms with Crippen molar-refractivity contribution >= 4 is 63.1 Å². The largest absolute Gasteiger partial charge is 0.376 e. The van der Waals surface area contributed by atoms with Crippen LogP contribution in [0.3, 0.4) is 0 Å². The van der Waals surface area contributed by atoms with Crippen molar-refractivity contribution in [2.24, 2.45) is 0 Å². The van der Waals surface area contributed by atoms with Gasteiger partial charge in [-0.15, -0.1) is 0 Å². The molecular formula is C27H26ClN3O4S. The number of fused-ring (bicyclic) bond motifs is 1. The fourth-order valence-corrected chi connectivity index (χ4v) is 5.61. The van der Waals surface area contributed by atoms with E-state index in [9.17, 15) is 14.4 Å². The van der Waals surface area contributed by atoms with E-state index in [1.54, 1.807) is 30.3 Å². The van der Waals surface area contributed by atoms with Crippen molar-refractivity contribution in [1.29, 1.82) is 0 Å². The minimum atomic E-state index is -0.380. The second-order valence-electron chi connectivity index (χ2n) is 8.81. The molecule has 2 fully saturated rings. The summed E-state index contributed by atoms with van der Waals surface area (Å²) in [5.41, 5.74) is 3.32. The number of halogens is 1. The SMILES string of the molecule is CCc1cccc2c(/C=C3\SC(=O)N(c4ccc(Cl)cc4)C3=O)cn(CC(=O)NC[C@@H]3CCCO3)c12. The highest BCUT2D eigenvalue weighted by atomic mass is 35.5. The van der Waals surface area contributed by atoms with E-state index >= 15 is 0 Å². The maximum absolute atomic E-state index is 13.2. The Morgan fingerprint density at radius 2 is 2.03 bits per heavy atom. The Bertz CT molecular complexity index is 1360. The van der Waals surface area contributed by atoms with E-state index in [1.165, 1.54) is 0 Å². The third-order valence-electron chi connectivity index (χ3n) is 6.42.